The Bertz CT molecular complexity index is 1160. The summed E-state index contributed by atoms with van der Waals surface area (Å²) in [4.78, 5) is 36.6. The number of rotatable bonds is 5. The first kappa shape index (κ1) is 19.8. The molecule has 4 rings (SSSR count). The van der Waals surface area contributed by atoms with Crippen LogP contribution in [-0.4, -0.2) is 33.4 Å². The molecule has 0 saturated heterocycles. The first-order valence-electron chi connectivity index (χ1n) is 9.68. The fraction of sp³-hybridized carbons (Fsp3) is 0.318. The zero-order valence-corrected chi connectivity index (χ0v) is 17.1. The smallest absolute Gasteiger partial charge is 0.302 e. The lowest BCUT2D eigenvalue weighted by Gasteiger charge is -2.12. The van der Waals surface area contributed by atoms with E-state index in [1.54, 1.807) is 24.7 Å². The number of nitrogens with two attached hydrogens (primary N) is 1. The standard InChI is InChI=1S/C22H23N5O3/c1-12-4-5-24-9-15(12)18-6-14-7-19(25-10-16(14)20(23)26-18)27-21(29)17-8-22(17,3)11-30-13(2)28/h4-7,9-10,17H,8,11H2,1-3H3,(H2,23,26)(H,25,27,29)/t17-,22+/m0/s1. The number of hydrogen-bond acceptors (Lipinski definition) is 7. The van der Waals surface area contributed by atoms with Gasteiger partial charge in [-0.2, -0.15) is 0 Å². The zero-order valence-electron chi connectivity index (χ0n) is 17.1. The molecule has 0 aliphatic heterocycles. The second kappa shape index (κ2) is 7.37. The molecule has 1 aliphatic rings. The van der Waals surface area contributed by atoms with Gasteiger partial charge in [0.05, 0.1) is 12.3 Å². The normalized spacial score (nSPS) is 20.0. The van der Waals surface area contributed by atoms with Crippen LogP contribution in [0.3, 0.4) is 0 Å². The Morgan fingerprint density at radius 2 is 2.13 bits per heavy atom. The topological polar surface area (TPSA) is 120 Å². The molecule has 3 aromatic heterocycles. The van der Waals surface area contributed by atoms with Gasteiger partial charge in [0.15, 0.2) is 0 Å². The van der Waals surface area contributed by atoms with Crippen molar-refractivity contribution in [1.29, 1.82) is 0 Å². The average Bonchev–Trinajstić information content (AvgIpc) is 3.39. The van der Waals surface area contributed by atoms with Crippen molar-refractivity contribution in [3.63, 3.8) is 0 Å². The summed E-state index contributed by atoms with van der Waals surface area (Å²) in [7, 11) is 0. The number of nitrogens with one attached hydrogen (secondary N) is 1. The van der Waals surface area contributed by atoms with Crippen molar-refractivity contribution in [2.45, 2.75) is 27.2 Å². The van der Waals surface area contributed by atoms with E-state index < -0.39 is 0 Å². The van der Waals surface area contributed by atoms with Crippen LogP contribution < -0.4 is 11.1 Å². The van der Waals surface area contributed by atoms with Gasteiger partial charge in [-0.05, 0) is 42.5 Å². The number of anilines is 2. The molecule has 0 radical (unpaired) electrons. The number of esters is 1. The van der Waals surface area contributed by atoms with Crippen LogP contribution >= 0.6 is 0 Å². The quantitative estimate of drug-likeness (QED) is 0.626. The van der Waals surface area contributed by atoms with Gasteiger partial charge in [0, 0.05) is 47.8 Å². The average molecular weight is 405 g/mol. The molecule has 8 heteroatoms. The maximum absolute atomic E-state index is 12.6. The summed E-state index contributed by atoms with van der Waals surface area (Å²) in [6.07, 6.45) is 5.76. The maximum Gasteiger partial charge on any atom is 0.302 e. The molecule has 1 amide bonds. The van der Waals surface area contributed by atoms with Gasteiger partial charge in [0.1, 0.15) is 11.6 Å². The Labute approximate surface area is 173 Å². The summed E-state index contributed by atoms with van der Waals surface area (Å²) in [6, 6.07) is 5.61. The summed E-state index contributed by atoms with van der Waals surface area (Å²) in [5.74, 6) is 0.109. The molecule has 1 aliphatic carbocycles. The summed E-state index contributed by atoms with van der Waals surface area (Å²) in [6.45, 7) is 5.52. The van der Waals surface area contributed by atoms with Crippen LogP contribution in [0, 0.1) is 18.3 Å². The van der Waals surface area contributed by atoms with Crippen molar-refractivity contribution in [2.24, 2.45) is 11.3 Å². The van der Waals surface area contributed by atoms with Crippen LogP contribution in [0.4, 0.5) is 11.6 Å². The number of amides is 1. The van der Waals surface area contributed by atoms with Crippen LogP contribution in [0.2, 0.25) is 0 Å². The lowest BCUT2D eigenvalue weighted by Crippen LogP contribution is -2.21. The van der Waals surface area contributed by atoms with Crippen molar-refractivity contribution >= 4 is 34.3 Å². The number of nitrogens with zero attached hydrogens (tertiary/aromatic N) is 3. The number of hydrogen-bond donors (Lipinski definition) is 2. The zero-order chi connectivity index (χ0) is 21.5. The fourth-order valence-corrected chi connectivity index (χ4v) is 3.57. The number of pyridine rings is 3. The molecule has 0 bridgehead atoms. The van der Waals surface area contributed by atoms with Gasteiger partial charge in [-0.3, -0.25) is 14.6 Å². The van der Waals surface area contributed by atoms with Gasteiger partial charge >= 0.3 is 5.97 Å². The number of aromatic nitrogens is 3. The summed E-state index contributed by atoms with van der Waals surface area (Å²) in [5.41, 5.74) is 8.47. The maximum atomic E-state index is 12.6. The lowest BCUT2D eigenvalue weighted by molar-refractivity contribution is -0.143. The predicted octanol–water partition coefficient (Wildman–Crippen LogP) is 3.11. The summed E-state index contributed by atoms with van der Waals surface area (Å²) < 4.78 is 5.07. The van der Waals surface area contributed by atoms with Gasteiger partial charge in [0.25, 0.3) is 0 Å². The molecule has 154 valence electrons. The number of aryl methyl sites for hydroxylation is 1. The molecule has 1 saturated carbocycles. The van der Waals surface area contributed by atoms with Crippen LogP contribution in [0.5, 0.6) is 0 Å². The predicted molar refractivity (Wildman–Crippen MR) is 113 cm³/mol. The van der Waals surface area contributed by atoms with E-state index in [4.69, 9.17) is 10.5 Å². The highest BCUT2D eigenvalue weighted by molar-refractivity contribution is 5.98. The Hall–Kier alpha value is -3.55. The molecule has 3 heterocycles. The number of ether oxygens (including phenoxy) is 1. The fourth-order valence-electron chi connectivity index (χ4n) is 3.57. The van der Waals surface area contributed by atoms with Gasteiger partial charge < -0.3 is 15.8 Å². The van der Waals surface area contributed by atoms with Gasteiger partial charge in [0.2, 0.25) is 5.91 Å². The van der Waals surface area contributed by atoms with E-state index in [-0.39, 0.29) is 29.8 Å². The highest BCUT2D eigenvalue weighted by Crippen LogP contribution is 2.52. The first-order valence-corrected chi connectivity index (χ1v) is 9.68. The Balaban J connectivity index is 1.57. The third-order valence-electron chi connectivity index (χ3n) is 5.58. The van der Waals surface area contributed by atoms with E-state index in [0.29, 0.717) is 29.1 Å². The Kier molecular flexibility index (Phi) is 4.85. The first-order chi connectivity index (χ1) is 14.3. The van der Waals surface area contributed by atoms with Crippen LogP contribution in [-0.2, 0) is 14.3 Å². The van der Waals surface area contributed by atoms with E-state index in [0.717, 1.165) is 16.5 Å². The molecule has 0 unspecified atom stereocenters. The second-order valence-corrected chi connectivity index (χ2v) is 8.05. The third kappa shape index (κ3) is 3.80. The third-order valence-corrected chi connectivity index (χ3v) is 5.58. The highest BCUT2D eigenvalue weighted by atomic mass is 16.5. The van der Waals surface area contributed by atoms with E-state index in [9.17, 15) is 9.59 Å². The molecule has 8 nitrogen and oxygen atoms in total. The van der Waals surface area contributed by atoms with Crippen LogP contribution in [0.15, 0.2) is 36.8 Å². The SMILES string of the molecule is CC(=O)OC[C@@]1(C)C[C@H]1C(=O)Nc1cc2cc(-c3cnccc3C)nc(N)c2cn1. The summed E-state index contributed by atoms with van der Waals surface area (Å²) in [5, 5.41) is 4.40. The number of carbonyl (C=O) groups excluding carboxylic acids is 2. The van der Waals surface area contributed by atoms with Crippen molar-refractivity contribution in [3.8, 4) is 11.3 Å². The lowest BCUT2D eigenvalue weighted by atomic mass is 10.1. The number of fused-ring (bicyclic) bond motifs is 1. The Morgan fingerprint density at radius 1 is 1.33 bits per heavy atom. The molecule has 1 fully saturated rings. The minimum Gasteiger partial charge on any atom is -0.465 e. The summed E-state index contributed by atoms with van der Waals surface area (Å²) >= 11 is 0. The molecular weight excluding hydrogens is 382 g/mol. The van der Waals surface area contributed by atoms with E-state index in [1.165, 1.54) is 6.92 Å². The molecule has 3 N–H and O–H groups in total. The van der Waals surface area contributed by atoms with Gasteiger partial charge in [-0.25, -0.2) is 9.97 Å². The van der Waals surface area contributed by atoms with Crippen LogP contribution in [0.25, 0.3) is 22.0 Å². The van der Waals surface area contributed by atoms with E-state index >= 15 is 0 Å². The minimum absolute atomic E-state index is 0.137. The van der Waals surface area contributed by atoms with Crippen molar-refractivity contribution < 1.29 is 14.3 Å². The minimum atomic E-state index is -0.343. The van der Waals surface area contributed by atoms with Crippen molar-refractivity contribution in [2.75, 3.05) is 17.7 Å². The monoisotopic (exact) mass is 405 g/mol. The van der Waals surface area contributed by atoms with Crippen molar-refractivity contribution in [1.82, 2.24) is 15.0 Å². The number of carbonyl (C=O) groups is 2. The van der Waals surface area contributed by atoms with Gasteiger partial charge in [-0.1, -0.05) is 6.92 Å². The highest BCUT2D eigenvalue weighted by Gasteiger charge is 2.55. The van der Waals surface area contributed by atoms with Crippen LogP contribution in [0.1, 0.15) is 25.8 Å². The molecule has 0 aromatic carbocycles. The second-order valence-electron chi connectivity index (χ2n) is 8.05. The Morgan fingerprint density at radius 3 is 2.87 bits per heavy atom. The van der Waals surface area contributed by atoms with E-state index in [2.05, 4.69) is 20.3 Å². The molecule has 3 aromatic rings. The van der Waals surface area contributed by atoms with E-state index in [1.807, 2.05) is 26.0 Å². The van der Waals surface area contributed by atoms with Gasteiger partial charge in [-0.15, -0.1) is 0 Å². The number of nitrogen functional groups attached to an aromatic ring is 1. The molecule has 2 atom stereocenters. The molecule has 30 heavy (non-hydrogen) atoms. The largest absolute Gasteiger partial charge is 0.465 e. The molecular formula is C22H23N5O3. The molecule has 0 spiro atoms. The van der Waals surface area contributed by atoms with Crippen molar-refractivity contribution in [3.05, 3.63) is 42.4 Å².